The molecule has 0 fully saturated rings. The maximum absolute atomic E-state index is 12.0. The summed E-state index contributed by atoms with van der Waals surface area (Å²) in [5, 5.41) is 13.8. The van der Waals surface area contributed by atoms with E-state index in [0.717, 1.165) is 5.56 Å². The normalized spacial score (nSPS) is 10.5. The van der Waals surface area contributed by atoms with Crippen LogP contribution in [0, 0.1) is 0 Å². The van der Waals surface area contributed by atoms with Crippen LogP contribution in [-0.2, 0) is 11.2 Å². The number of para-hydroxylation sites is 1. The second kappa shape index (κ2) is 8.58. The van der Waals surface area contributed by atoms with E-state index in [0.29, 0.717) is 22.8 Å². The van der Waals surface area contributed by atoms with Gasteiger partial charge >= 0.3 is 0 Å². The summed E-state index contributed by atoms with van der Waals surface area (Å²) in [5.41, 5.74) is 3.61. The molecule has 0 spiro atoms. The van der Waals surface area contributed by atoms with Gasteiger partial charge in [-0.3, -0.25) is 4.79 Å². The second-order valence-corrected chi connectivity index (χ2v) is 5.06. The first-order chi connectivity index (χ1) is 12.1. The predicted molar refractivity (Wildman–Crippen MR) is 93.6 cm³/mol. The highest BCUT2D eigenvalue weighted by molar-refractivity contribution is 5.86. The Morgan fingerprint density at radius 3 is 2.48 bits per heavy atom. The Morgan fingerprint density at radius 1 is 1.08 bits per heavy atom. The molecule has 0 aliphatic heterocycles. The molecule has 25 heavy (non-hydrogen) atoms. The van der Waals surface area contributed by atoms with E-state index in [1.165, 1.54) is 20.4 Å². The van der Waals surface area contributed by atoms with E-state index in [4.69, 9.17) is 14.2 Å². The molecule has 7 nitrogen and oxygen atoms in total. The van der Waals surface area contributed by atoms with Gasteiger partial charge in [-0.25, -0.2) is 5.43 Å². The number of hydrogen-bond donors (Lipinski definition) is 2. The molecular formula is C18H20N2O5. The Hall–Kier alpha value is -3.22. The summed E-state index contributed by atoms with van der Waals surface area (Å²) in [6.07, 6.45) is 1.48. The van der Waals surface area contributed by atoms with Crippen LogP contribution in [0.5, 0.6) is 23.0 Å². The monoisotopic (exact) mass is 344 g/mol. The van der Waals surface area contributed by atoms with Gasteiger partial charge in [0.05, 0.1) is 34.0 Å². The average molecular weight is 344 g/mol. The highest BCUT2D eigenvalue weighted by atomic mass is 16.5. The molecular weight excluding hydrogens is 324 g/mol. The quantitative estimate of drug-likeness (QED) is 0.593. The van der Waals surface area contributed by atoms with Crippen molar-refractivity contribution in [2.45, 2.75) is 6.42 Å². The van der Waals surface area contributed by atoms with Gasteiger partial charge in [-0.1, -0.05) is 12.1 Å². The smallest absolute Gasteiger partial charge is 0.244 e. The molecule has 0 aliphatic carbocycles. The molecule has 0 saturated heterocycles. The number of nitrogens with zero attached hydrogens (tertiary/aromatic N) is 1. The summed E-state index contributed by atoms with van der Waals surface area (Å²) >= 11 is 0. The summed E-state index contributed by atoms with van der Waals surface area (Å²) in [6, 6.07) is 10.2. The highest BCUT2D eigenvalue weighted by Gasteiger charge is 2.08. The van der Waals surface area contributed by atoms with Gasteiger partial charge in [-0.15, -0.1) is 0 Å². The van der Waals surface area contributed by atoms with Crippen LogP contribution in [0.25, 0.3) is 0 Å². The van der Waals surface area contributed by atoms with Crippen molar-refractivity contribution in [1.82, 2.24) is 5.43 Å². The fourth-order valence-electron chi connectivity index (χ4n) is 2.20. The third-order valence-electron chi connectivity index (χ3n) is 3.46. The van der Waals surface area contributed by atoms with Crippen molar-refractivity contribution in [3.63, 3.8) is 0 Å². The first-order valence-corrected chi connectivity index (χ1v) is 7.47. The Kier molecular flexibility index (Phi) is 6.22. The average Bonchev–Trinajstić information content (AvgIpc) is 2.63. The molecule has 1 amide bonds. The molecule has 2 N–H and O–H groups in total. The summed E-state index contributed by atoms with van der Waals surface area (Å²) in [7, 11) is 4.54. The Balaban J connectivity index is 1.99. The van der Waals surface area contributed by atoms with E-state index in [-0.39, 0.29) is 18.1 Å². The summed E-state index contributed by atoms with van der Waals surface area (Å²) in [4.78, 5) is 12.0. The van der Waals surface area contributed by atoms with Crippen molar-refractivity contribution < 1.29 is 24.1 Å². The van der Waals surface area contributed by atoms with Gasteiger partial charge in [-0.2, -0.15) is 5.10 Å². The lowest BCUT2D eigenvalue weighted by molar-refractivity contribution is -0.120. The number of carbonyl (C=O) groups excluding carboxylic acids is 1. The number of rotatable bonds is 7. The van der Waals surface area contributed by atoms with Crippen LogP contribution < -0.4 is 19.6 Å². The number of hydrazone groups is 1. The Labute approximate surface area is 145 Å². The van der Waals surface area contributed by atoms with E-state index in [1.54, 1.807) is 43.5 Å². The van der Waals surface area contributed by atoms with Crippen molar-refractivity contribution in [2.24, 2.45) is 5.10 Å². The third-order valence-corrected chi connectivity index (χ3v) is 3.46. The first-order valence-electron chi connectivity index (χ1n) is 7.47. The molecule has 0 aromatic heterocycles. The van der Waals surface area contributed by atoms with Crippen LogP contribution >= 0.6 is 0 Å². The lowest BCUT2D eigenvalue weighted by Gasteiger charge is -2.09. The topological polar surface area (TPSA) is 89.4 Å². The van der Waals surface area contributed by atoms with E-state index in [9.17, 15) is 9.90 Å². The summed E-state index contributed by atoms with van der Waals surface area (Å²) in [6.45, 7) is 0. The lowest BCUT2D eigenvalue weighted by Crippen LogP contribution is -2.19. The van der Waals surface area contributed by atoms with Crippen molar-refractivity contribution in [3.05, 3.63) is 47.5 Å². The fraction of sp³-hybridized carbons (Fsp3) is 0.222. The largest absolute Gasteiger partial charge is 0.504 e. The van der Waals surface area contributed by atoms with Crippen LogP contribution in [-0.4, -0.2) is 38.6 Å². The van der Waals surface area contributed by atoms with Gasteiger partial charge in [-0.05, 0) is 29.8 Å². The number of nitrogens with one attached hydrogen (secondary N) is 1. The third kappa shape index (κ3) is 4.63. The van der Waals surface area contributed by atoms with Crippen molar-refractivity contribution in [1.29, 1.82) is 0 Å². The van der Waals surface area contributed by atoms with Crippen LogP contribution in [0.15, 0.2) is 41.5 Å². The van der Waals surface area contributed by atoms with Crippen LogP contribution in [0.1, 0.15) is 11.1 Å². The zero-order chi connectivity index (χ0) is 18.2. The number of aromatic hydroxyl groups is 1. The number of amides is 1. The van der Waals surface area contributed by atoms with Gasteiger partial charge < -0.3 is 19.3 Å². The zero-order valence-corrected chi connectivity index (χ0v) is 14.3. The standard InChI is InChI=1S/C18H20N2O5/c1-23-14-8-7-12(9-16(14)25-3)10-17(21)20-19-11-13-5-4-6-15(24-2)18(13)22/h4-9,11,22H,10H2,1-3H3,(H,20,21)/b19-11+. The van der Waals surface area contributed by atoms with Gasteiger partial charge in [0.15, 0.2) is 23.0 Å². The van der Waals surface area contributed by atoms with Crippen LogP contribution in [0.2, 0.25) is 0 Å². The Bertz CT molecular complexity index is 774. The van der Waals surface area contributed by atoms with Crippen LogP contribution in [0.4, 0.5) is 0 Å². The second-order valence-electron chi connectivity index (χ2n) is 5.06. The summed E-state index contributed by atoms with van der Waals surface area (Å²) in [5.74, 6) is 1.14. The molecule has 0 saturated carbocycles. The minimum atomic E-state index is -0.300. The van der Waals surface area contributed by atoms with E-state index in [1.807, 2.05) is 0 Å². The fourth-order valence-corrected chi connectivity index (χ4v) is 2.20. The molecule has 0 unspecified atom stereocenters. The predicted octanol–water partition coefficient (Wildman–Crippen LogP) is 2.11. The molecule has 0 radical (unpaired) electrons. The minimum Gasteiger partial charge on any atom is -0.504 e. The van der Waals surface area contributed by atoms with Gasteiger partial charge in [0.25, 0.3) is 0 Å². The van der Waals surface area contributed by atoms with Gasteiger partial charge in [0, 0.05) is 5.56 Å². The highest BCUT2D eigenvalue weighted by Crippen LogP contribution is 2.28. The number of benzene rings is 2. The Morgan fingerprint density at radius 2 is 1.80 bits per heavy atom. The van der Waals surface area contributed by atoms with E-state index < -0.39 is 0 Å². The molecule has 2 aromatic carbocycles. The lowest BCUT2D eigenvalue weighted by atomic mass is 10.1. The van der Waals surface area contributed by atoms with Crippen LogP contribution in [0.3, 0.4) is 0 Å². The zero-order valence-electron chi connectivity index (χ0n) is 14.3. The minimum absolute atomic E-state index is 0.0390. The molecule has 7 heteroatoms. The van der Waals surface area contributed by atoms with Crippen molar-refractivity contribution in [2.75, 3.05) is 21.3 Å². The molecule has 0 aliphatic rings. The first kappa shape index (κ1) is 18.1. The van der Waals surface area contributed by atoms with E-state index >= 15 is 0 Å². The number of phenols is 1. The maximum atomic E-state index is 12.0. The molecule has 2 rings (SSSR count). The number of carbonyl (C=O) groups is 1. The van der Waals surface area contributed by atoms with E-state index in [2.05, 4.69) is 10.5 Å². The molecule has 0 heterocycles. The maximum Gasteiger partial charge on any atom is 0.244 e. The number of ether oxygens (including phenoxy) is 3. The molecule has 132 valence electrons. The van der Waals surface area contributed by atoms with Crippen molar-refractivity contribution >= 4 is 12.1 Å². The van der Waals surface area contributed by atoms with Gasteiger partial charge in [0.2, 0.25) is 5.91 Å². The molecule has 0 atom stereocenters. The molecule has 2 aromatic rings. The SMILES string of the molecule is COc1ccc(CC(=O)N/N=C/c2cccc(OC)c2O)cc1OC. The van der Waals surface area contributed by atoms with Crippen molar-refractivity contribution in [3.8, 4) is 23.0 Å². The number of hydrogen-bond acceptors (Lipinski definition) is 6. The molecule has 0 bridgehead atoms. The number of methoxy groups -OCH3 is 3. The van der Waals surface area contributed by atoms with Gasteiger partial charge in [0.1, 0.15) is 0 Å². The number of phenolic OH excluding ortho intramolecular Hbond substituents is 1. The summed E-state index contributed by atoms with van der Waals surface area (Å²) < 4.78 is 15.4.